The molecule has 2 aromatic heterocycles. The molecule has 0 aromatic carbocycles. The molecular formula is C18H25N5O. The lowest BCUT2D eigenvalue weighted by molar-refractivity contribution is 0.556. The van der Waals surface area contributed by atoms with Crippen molar-refractivity contribution in [2.24, 2.45) is 0 Å². The summed E-state index contributed by atoms with van der Waals surface area (Å²) in [6.07, 6.45) is 2.24. The number of nitrogens with zero attached hydrogens (tertiary/aromatic N) is 4. The molecule has 24 heavy (non-hydrogen) atoms. The summed E-state index contributed by atoms with van der Waals surface area (Å²) in [5, 5.41) is 0. The van der Waals surface area contributed by atoms with Crippen LogP contribution in [0.5, 0.6) is 0 Å². The van der Waals surface area contributed by atoms with E-state index in [9.17, 15) is 4.79 Å². The summed E-state index contributed by atoms with van der Waals surface area (Å²) >= 11 is 0. The van der Waals surface area contributed by atoms with Crippen LogP contribution in [-0.4, -0.2) is 26.5 Å². The fourth-order valence-electron chi connectivity index (χ4n) is 2.81. The molecule has 6 nitrogen and oxygen atoms in total. The smallest absolute Gasteiger partial charge is 0.255 e. The number of aromatic nitrogens is 4. The summed E-state index contributed by atoms with van der Waals surface area (Å²) in [5.74, 6) is 2.00. The Hall–Kier alpha value is -2.24. The second-order valence-electron chi connectivity index (χ2n) is 7.70. The number of aromatic amines is 1. The van der Waals surface area contributed by atoms with Crippen LogP contribution in [0, 0.1) is 0 Å². The zero-order chi connectivity index (χ0) is 17.5. The summed E-state index contributed by atoms with van der Waals surface area (Å²) in [6.45, 7) is 12.0. The van der Waals surface area contributed by atoms with Gasteiger partial charge in [0.2, 0.25) is 0 Å². The molecule has 2 aromatic rings. The van der Waals surface area contributed by atoms with E-state index in [4.69, 9.17) is 9.97 Å². The molecule has 0 amide bonds. The van der Waals surface area contributed by atoms with Gasteiger partial charge < -0.3 is 9.88 Å². The first-order valence-electron chi connectivity index (χ1n) is 8.45. The van der Waals surface area contributed by atoms with Gasteiger partial charge in [0.15, 0.2) is 0 Å². The Labute approximate surface area is 142 Å². The van der Waals surface area contributed by atoms with E-state index in [2.05, 4.69) is 55.6 Å². The lowest BCUT2D eigenvalue weighted by atomic mass is 9.91. The highest BCUT2D eigenvalue weighted by molar-refractivity contribution is 5.44. The minimum absolute atomic E-state index is 0.0476. The molecule has 0 fully saturated rings. The maximum atomic E-state index is 12.1. The van der Waals surface area contributed by atoms with Gasteiger partial charge in [-0.3, -0.25) is 4.79 Å². The first kappa shape index (κ1) is 16.6. The first-order valence-corrected chi connectivity index (χ1v) is 8.45. The Bertz CT molecular complexity index is 804. The number of H-pyrrole nitrogens is 1. The standard InChI is InChI=1S/C18H25N5O/c1-11(2)16-21-14(18(3,4)5)8-15(22-16)23-7-6-13-12(9-23)17(24)20-10-19-13/h8,10-11H,6-7,9H2,1-5H3,(H,19,20,24). The molecule has 0 radical (unpaired) electrons. The zero-order valence-electron chi connectivity index (χ0n) is 15.1. The molecule has 0 saturated carbocycles. The number of anilines is 1. The average molecular weight is 327 g/mol. The van der Waals surface area contributed by atoms with E-state index in [0.717, 1.165) is 41.6 Å². The molecule has 0 atom stereocenters. The molecule has 0 unspecified atom stereocenters. The average Bonchev–Trinajstić information content (AvgIpc) is 2.53. The topological polar surface area (TPSA) is 74.8 Å². The van der Waals surface area contributed by atoms with Crippen molar-refractivity contribution in [1.29, 1.82) is 0 Å². The molecule has 6 heteroatoms. The number of hydrogen-bond acceptors (Lipinski definition) is 5. The van der Waals surface area contributed by atoms with E-state index in [0.29, 0.717) is 6.54 Å². The quantitative estimate of drug-likeness (QED) is 0.917. The van der Waals surface area contributed by atoms with Gasteiger partial charge in [0.25, 0.3) is 5.56 Å². The normalized spacial score (nSPS) is 14.8. The maximum Gasteiger partial charge on any atom is 0.255 e. The Morgan fingerprint density at radius 2 is 2.00 bits per heavy atom. The van der Waals surface area contributed by atoms with Crippen molar-refractivity contribution < 1.29 is 0 Å². The van der Waals surface area contributed by atoms with Gasteiger partial charge in [0, 0.05) is 30.4 Å². The van der Waals surface area contributed by atoms with Gasteiger partial charge >= 0.3 is 0 Å². The van der Waals surface area contributed by atoms with Crippen LogP contribution in [0.15, 0.2) is 17.2 Å². The number of rotatable bonds is 2. The minimum atomic E-state index is -0.0566. The maximum absolute atomic E-state index is 12.1. The largest absolute Gasteiger partial charge is 0.351 e. The minimum Gasteiger partial charge on any atom is -0.351 e. The highest BCUT2D eigenvalue weighted by Gasteiger charge is 2.24. The van der Waals surface area contributed by atoms with Crippen molar-refractivity contribution in [3.63, 3.8) is 0 Å². The van der Waals surface area contributed by atoms with Gasteiger partial charge in [0.1, 0.15) is 11.6 Å². The predicted octanol–water partition coefficient (Wildman–Crippen LogP) is 2.54. The van der Waals surface area contributed by atoms with Crippen molar-refractivity contribution in [2.45, 2.75) is 58.9 Å². The molecule has 0 bridgehead atoms. The van der Waals surface area contributed by atoms with Gasteiger partial charge in [-0.25, -0.2) is 15.0 Å². The third kappa shape index (κ3) is 3.18. The molecule has 3 heterocycles. The Morgan fingerprint density at radius 1 is 1.25 bits per heavy atom. The second kappa shape index (κ2) is 6.00. The van der Waals surface area contributed by atoms with Crippen LogP contribution in [0.2, 0.25) is 0 Å². The van der Waals surface area contributed by atoms with Crippen molar-refractivity contribution in [3.8, 4) is 0 Å². The van der Waals surface area contributed by atoms with Crippen LogP contribution in [0.4, 0.5) is 5.82 Å². The van der Waals surface area contributed by atoms with E-state index in [1.165, 1.54) is 6.33 Å². The monoisotopic (exact) mass is 327 g/mol. The summed E-state index contributed by atoms with van der Waals surface area (Å²) in [7, 11) is 0. The molecule has 128 valence electrons. The molecule has 0 saturated heterocycles. The van der Waals surface area contributed by atoms with Crippen LogP contribution in [0.1, 0.15) is 63.3 Å². The van der Waals surface area contributed by atoms with Crippen LogP contribution in [-0.2, 0) is 18.4 Å². The third-order valence-electron chi connectivity index (χ3n) is 4.34. The molecule has 0 spiro atoms. The number of fused-ring (bicyclic) bond motifs is 1. The fraction of sp³-hybridized carbons (Fsp3) is 0.556. The van der Waals surface area contributed by atoms with Crippen LogP contribution < -0.4 is 10.5 Å². The Balaban J connectivity index is 2.02. The molecular weight excluding hydrogens is 302 g/mol. The van der Waals surface area contributed by atoms with E-state index < -0.39 is 0 Å². The van der Waals surface area contributed by atoms with E-state index in [1.54, 1.807) is 0 Å². The molecule has 1 aliphatic rings. The number of nitrogens with one attached hydrogen (secondary N) is 1. The van der Waals surface area contributed by atoms with Crippen LogP contribution in [0.25, 0.3) is 0 Å². The summed E-state index contributed by atoms with van der Waals surface area (Å²) in [4.78, 5) is 30.7. The van der Waals surface area contributed by atoms with E-state index >= 15 is 0 Å². The van der Waals surface area contributed by atoms with Crippen LogP contribution in [0.3, 0.4) is 0 Å². The molecule has 3 rings (SSSR count). The second-order valence-corrected chi connectivity index (χ2v) is 7.70. The van der Waals surface area contributed by atoms with Crippen molar-refractivity contribution in [1.82, 2.24) is 19.9 Å². The van der Waals surface area contributed by atoms with E-state index in [-0.39, 0.29) is 16.9 Å². The highest BCUT2D eigenvalue weighted by atomic mass is 16.1. The molecule has 1 N–H and O–H groups in total. The van der Waals surface area contributed by atoms with Crippen LogP contribution >= 0.6 is 0 Å². The summed E-state index contributed by atoms with van der Waals surface area (Å²) in [6, 6.07) is 2.06. The van der Waals surface area contributed by atoms with Crippen molar-refractivity contribution >= 4 is 5.82 Å². The summed E-state index contributed by atoms with van der Waals surface area (Å²) in [5.41, 5.74) is 2.56. The van der Waals surface area contributed by atoms with Gasteiger partial charge in [-0.1, -0.05) is 34.6 Å². The summed E-state index contributed by atoms with van der Waals surface area (Å²) < 4.78 is 0. The predicted molar refractivity (Wildman–Crippen MR) is 94.4 cm³/mol. The van der Waals surface area contributed by atoms with Gasteiger partial charge in [-0.2, -0.15) is 0 Å². The first-order chi connectivity index (χ1) is 11.3. The van der Waals surface area contributed by atoms with Gasteiger partial charge in [-0.15, -0.1) is 0 Å². The third-order valence-corrected chi connectivity index (χ3v) is 4.34. The van der Waals surface area contributed by atoms with Gasteiger partial charge in [-0.05, 0) is 0 Å². The van der Waals surface area contributed by atoms with E-state index in [1.807, 2.05) is 0 Å². The number of hydrogen-bond donors (Lipinski definition) is 1. The lowest BCUT2D eigenvalue weighted by Gasteiger charge is -2.30. The molecule has 0 aliphatic carbocycles. The zero-order valence-corrected chi connectivity index (χ0v) is 15.1. The van der Waals surface area contributed by atoms with Crippen molar-refractivity contribution in [2.75, 3.05) is 11.4 Å². The Kier molecular flexibility index (Phi) is 4.15. The van der Waals surface area contributed by atoms with Gasteiger partial charge in [0.05, 0.1) is 29.8 Å². The fourth-order valence-corrected chi connectivity index (χ4v) is 2.81. The highest BCUT2D eigenvalue weighted by Crippen LogP contribution is 2.27. The SMILES string of the molecule is CC(C)c1nc(N2CCc3nc[nH]c(=O)c3C2)cc(C(C)(C)C)n1. The lowest BCUT2D eigenvalue weighted by Crippen LogP contribution is -2.36. The van der Waals surface area contributed by atoms with Crippen molar-refractivity contribution in [3.05, 3.63) is 45.5 Å². The Morgan fingerprint density at radius 3 is 2.67 bits per heavy atom. The molecule has 1 aliphatic heterocycles.